The van der Waals surface area contributed by atoms with Crippen LogP contribution in [0, 0.1) is 0 Å². The van der Waals surface area contributed by atoms with Crippen LogP contribution in [-0.4, -0.2) is 72.9 Å². The highest BCUT2D eigenvalue weighted by Gasteiger charge is 2.18. The second-order valence-corrected chi connectivity index (χ2v) is 8.26. The lowest BCUT2D eigenvalue weighted by Crippen LogP contribution is -2.42. The lowest BCUT2D eigenvalue weighted by atomic mass is 10.0. The third-order valence-corrected chi connectivity index (χ3v) is 5.85. The predicted molar refractivity (Wildman–Crippen MR) is 129 cm³/mol. The Bertz CT molecular complexity index is 913. The summed E-state index contributed by atoms with van der Waals surface area (Å²) in [4.78, 5) is 32.5. The Morgan fingerprint density at radius 1 is 1.15 bits per heavy atom. The van der Waals surface area contributed by atoms with Crippen LogP contribution < -0.4 is 10.2 Å². The van der Waals surface area contributed by atoms with Crippen molar-refractivity contribution in [2.24, 2.45) is 0 Å². The van der Waals surface area contributed by atoms with Gasteiger partial charge in [-0.3, -0.25) is 4.90 Å². The fourth-order valence-corrected chi connectivity index (χ4v) is 3.94. The number of carboxylic acids is 1. The molecular weight excluding hydrogens is 420 g/mol. The minimum Gasteiger partial charge on any atom is -0.479 e. The Morgan fingerprint density at radius 3 is 2.55 bits per heavy atom. The highest BCUT2D eigenvalue weighted by molar-refractivity contribution is 5.90. The van der Waals surface area contributed by atoms with Crippen LogP contribution >= 0.6 is 0 Å². The largest absolute Gasteiger partial charge is 0.479 e. The van der Waals surface area contributed by atoms with Gasteiger partial charge in [0.2, 0.25) is 0 Å². The summed E-state index contributed by atoms with van der Waals surface area (Å²) in [6.45, 7) is 5.83. The lowest BCUT2D eigenvalue weighted by Gasteiger charge is -2.26. The van der Waals surface area contributed by atoms with Gasteiger partial charge >= 0.3 is 12.0 Å². The van der Waals surface area contributed by atoms with Crippen LogP contribution in [0.2, 0.25) is 0 Å². The van der Waals surface area contributed by atoms with E-state index in [-0.39, 0.29) is 6.03 Å². The van der Waals surface area contributed by atoms with Crippen LogP contribution in [-0.2, 0) is 16.0 Å². The Morgan fingerprint density at radius 2 is 1.88 bits per heavy atom. The number of pyridine rings is 1. The molecule has 2 amide bonds. The standard InChI is InChI=1S/C25H34N4O4/c1-3-33-22(24(30)31)18-19-10-12-20(13-11-19)21-8-7-9-23(27-21)28(2)25(32)26-14-17-29-15-5-4-6-16-29/h7-13,22H,3-6,14-18H2,1-2H3,(H,26,32)(H,30,31). The molecule has 178 valence electrons. The minimum absolute atomic E-state index is 0.178. The van der Waals surface area contributed by atoms with Gasteiger partial charge in [-0.2, -0.15) is 0 Å². The number of urea groups is 1. The van der Waals surface area contributed by atoms with Crippen molar-refractivity contribution in [1.29, 1.82) is 0 Å². The molecule has 0 aliphatic carbocycles. The fourth-order valence-electron chi connectivity index (χ4n) is 3.94. The second-order valence-electron chi connectivity index (χ2n) is 8.26. The van der Waals surface area contributed by atoms with Crippen molar-refractivity contribution in [2.45, 2.75) is 38.7 Å². The molecule has 0 radical (unpaired) electrons. The summed E-state index contributed by atoms with van der Waals surface area (Å²) in [5.74, 6) is -0.401. The van der Waals surface area contributed by atoms with Crippen LogP contribution in [0.5, 0.6) is 0 Å². The first-order valence-electron chi connectivity index (χ1n) is 11.6. The number of nitrogens with one attached hydrogen (secondary N) is 1. The van der Waals surface area contributed by atoms with E-state index in [4.69, 9.17) is 4.74 Å². The molecule has 8 heteroatoms. The molecule has 0 spiro atoms. The number of benzene rings is 1. The molecule has 1 aromatic carbocycles. The monoisotopic (exact) mass is 454 g/mol. The maximum atomic E-state index is 12.6. The van der Waals surface area contributed by atoms with E-state index in [2.05, 4.69) is 15.2 Å². The van der Waals surface area contributed by atoms with Gasteiger partial charge in [-0.05, 0) is 50.6 Å². The zero-order valence-corrected chi connectivity index (χ0v) is 19.5. The Labute approximate surface area is 195 Å². The first-order chi connectivity index (χ1) is 16.0. The van der Waals surface area contributed by atoms with Gasteiger partial charge in [-0.25, -0.2) is 14.6 Å². The van der Waals surface area contributed by atoms with Crippen LogP contribution in [0.1, 0.15) is 31.7 Å². The van der Waals surface area contributed by atoms with Gasteiger partial charge in [0.15, 0.2) is 6.10 Å². The number of piperidine rings is 1. The number of rotatable bonds is 10. The summed E-state index contributed by atoms with van der Waals surface area (Å²) in [7, 11) is 1.71. The predicted octanol–water partition coefficient (Wildman–Crippen LogP) is 3.41. The fraction of sp³-hybridized carbons (Fsp3) is 0.480. The van der Waals surface area contributed by atoms with E-state index in [1.807, 2.05) is 42.5 Å². The molecule has 3 rings (SSSR count). The third-order valence-electron chi connectivity index (χ3n) is 5.85. The summed E-state index contributed by atoms with van der Waals surface area (Å²) >= 11 is 0. The van der Waals surface area contributed by atoms with E-state index in [1.165, 1.54) is 24.2 Å². The first-order valence-corrected chi connectivity index (χ1v) is 11.6. The van der Waals surface area contributed by atoms with Gasteiger partial charge in [0.1, 0.15) is 5.82 Å². The number of anilines is 1. The molecule has 33 heavy (non-hydrogen) atoms. The van der Waals surface area contributed by atoms with Crippen molar-refractivity contribution in [3.8, 4) is 11.3 Å². The van der Waals surface area contributed by atoms with Crippen LogP contribution in [0.4, 0.5) is 10.6 Å². The number of carbonyl (C=O) groups excluding carboxylic acids is 1. The molecule has 1 aliphatic heterocycles. The summed E-state index contributed by atoms with van der Waals surface area (Å²) < 4.78 is 5.29. The molecule has 8 nitrogen and oxygen atoms in total. The topological polar surface area (TPSA) is 95.0 Å². The molecule has 1 saturated heterocycles. The molecule has 1 atom stereocenters. The third kappa shape index (κ3) is 7.27. The maximum absolute atomic E-state index is 12.6. The van der Waals surface area contributed by atoms with Gasteiger partial charge in [-0.15, -0.1) is 0 Å². The highest BCUT2D eigenvalue weighted by Crippen LogP contribution is 2.21. The lowest BCUT2D eigenvalue weighted by molar-refractivity contribution is -0.149. The molecule has 2 heterocycles. The number of amides is 2. The van der Waals surface area contributed by atoms with E-state index in [9.17, 15) is 14.7 Å². The number of hydrogen-bond acceptors (Lipinski definition) is 5. The van der Waals surface area contributed by atoms with Crippen LogP contribution in [0.25, 0.3) is 11.3 Å². The van der Waals surface area contributed by atoms with Gasteiger partial charge in [0, 0.05) is 38.7 Å². The molecule has 0 saturated carbocycles. The molecular formula is C25H34N4O4. The number of aromatic nitrogens is 1. The van der Waals surface area contributed by atoms with Crippen LogP contribution in [0.3, 0.4) is 0 Å². The van der Waals surface area contributed by atoms with Gasteiger partial charge in [-0.1, -0.05) is 36.8 Å². The molecule has 2 N–H and O–H groups in total. The number of hydrogen-bond donors (Lipinski definition) is 2. The smallest absolute Gasteiger partial charge is 0.333 e. The van der Waals surface area contributed by atoms with E-state index in [0.717, 1.165) is 36.5 Å². The van der Waals surface area contributed by atoms with Crippen molar-refractivity contribution in [2.75, 3.05) is 44.7 Å². The number of carboxylic acid groups (broad SMARTS) is 1. The van der Waals surface area contributed by atoms with Crippen LogP contribution in [0.15, 0.2) is 42.5 Å². The Kier molecular flexibility index (Phi) is 9.21. The molecule has 1 aromatic heterocycles. The molecule has 0 bridgehead atoms. The SMILES string of the molecule is CCOC(Cc1ccc(-c2cccc(N(C)C(=O)NCCN3CCCCC3)n2)cc1)C(=O)O. The van der Waals surface area contributed by atoms with Crippen molar-refractivity contribution < 1.29 is 19.4 Å². The van der Waals surface area contributed by atoms with Gasteiger partial charge in [0.25, 0.3) is 0 Å². The number of ether oxygens (including phenoxy) is 1. The number of likely N-dealkylation sites (tertiary alicyclic amines) is 1. The number of aliphatic carboxylic acids is 1. The normalized spacial score (nSPS) is 15.1. The summed E-state index contributed by atoms with van der Waals surface area (Å²) in [6.07, 6.45) is 3.21. The zero-order chi connectivity index (χ0) is 23.6. The van der Waals surface area contributed by atoms with E-state index >= 15 is 0 Å². The quantitative estimate of drug-likeness (QED) is 0.571. The number of nitrogens with zero attached hydrogens (tertiary/aromatic N) is 3. The molecule has 1 aliphatic rings. The van der Waals surface area contributed by atoms with Crippen molar-refractivity contribution in [3.05, 3.63) is 48.0 Å². The molecule has 1 fully saturated rings. The zero-order valence-electron chi connectivity index (χ0n) is 19.5. The number of carbonyl (C=O) groups is 2. The summed E-state index contributed by atoms with van der Waals surface area (Å²) in [6, 6.07) is 13.0. The van der Waals surface area contributed by atoms with Crippen molar-refractivity contribution in [3.63, 3.8) is 0 Å². The van der Waals surface area contributed by atoms with Crippen molar-refractivity contribution in [1.82, 2.24) is 15.2 Å². The molecule has 1 unspecified atom stereocenters. The average Bonchev–Trinajstić information content (AvgIpc) is 2.84. The van der Waals surface area contributed by atoms with Gasteiger partial charge < -0.3 is 20.1 Å². The Balaban J connectivity index is 1.58. The first kappa shape index (κ1) is 24.7. The van der Waals surface area contributed by atoms with E-state index < -0.39 is 12.1 Å². The second kappa shape index (κ2) is 12.3. The summed E-state index contributed by atoms with van der Waals surface area (Å²) in [5.41, 5.74) is 2.51. The van der Waals surface area contributed by atoms with Crippen molar-refractivity contribution >= 4 is 17.8 Å². The maximum Gasteiger partial charge on any atom is 0.333 e. The summed E-state index contributed by atoms with van der Waals surface area (Å²) in [5, 5.41) is 12.2. The Hall–Kier alpha value is -2.97. The van der Waals surface area contributed by atoms with E-state index in [1.54, 1.807) is 14.0 Å². The average molecular weight is 455 g/mol. The molecule has 2 aromatic rings. The van der Waals surface area contributed by atoms with Gasteiger partial charge in [0.05, 0.1) is 5.69 Å². The minimum atomic E-state index is -0.965. The highest BCUT2D eigenvalue weighted by atomic mass is 16.5. The van der Waals surface area contributed by atoms with E-state index in [0.29, 0.717) is 25.4 Å².